The Hall–Kier alpha value is -1.23. The van der Waals surface area contributed by atoms with Crippen molar-refractivity contribution >= 4 is 6.16 Å². The molecule has 5 aliphatic rings. The number of aliphatic hydroxyl groups is 4. The maximum absolute atomic E-state index is 12.5. The molecule has 1 aliphatic heterocycles. The fourth-order valence-electron chi connectivity index (χ4n) is 10.4. The predicted molar refractivity (Wildman–Crippen MR) is 169 cm³/mol. The molecule has 0 bridgehead atoms. The van der Waals surface area contributed by atoms with E-state index in [0.717, 1.165) is 55.3 Å². The number of carbonyl (C=O) groups is 1. The second-order valence-electron chi connectivity index (χ2n) is 15.9. The van der Waals surface area contributed by atoms with Gasteiger partial charge in [0.2, 0.25) is 0 Å². The van der Waals surface area contributed by atoms with Gasteiger partial charge in [0.25, 0.3) is 0 Å². The second-order valence-corrected chi connectivity index (χ2v) is 15.9. The number of ether oxygens (including phenoxy) is 4. The number of carbonyl (C=O) groups excluding carboxylic acids is 1. The Bertz CT molecular complexity index is 1030. The van der Waals surface area contributed by atoms with Crippen molar-refractivity contribution in [2.45, 2.75) is 142 Å². The standard InChI is InChI=1S/C36H60O9/c1-21(2)7-6-8-22(3)26-11-12-27-25-10-9-23-19-24(13-15-35(23,4)28(25)14-16-36(26,27)5)44-34(41)43-18-17-42-33-32(40)31(39)30(38)29(20-37)45-33/h9,21-22,24-33,37-40H,6-8,10-20H2,1-5H3/t22-,24?,25?,26-,27?,28?,29-,30-,31+,32-,33-,35+,36-/m1/s1. The summed E-state index contributed by atoms with van der Waals surface area (Å²) in [6.45, 7) is 11.6. The minimum atomic E-state index is -1.52. The zero-order valence-corrected chi connectivity index (χ0v) is 28.2. The Morgan fingerprint density at radius 1 is 0.978 bits per heavy atom. The van der Waals surface area contributed by atoms with Gasteiger partial charge in [-0.15, -0.1) is 0 Å². The molecule has 1 heterocycles. The molecule has 4 fully saturated rings. The van der Waals surface area contributed by atoms with E-state index in [1.54, 1.807) is 0 Å². The molecule has 3 saturated carbocycles. The van der Waals surface area contributed by atoms with Crippen LogP contribution in [0.1, 0.15) is 105 Å². The van der Waals surface area contributed by atoms with Gasteiger partial charge in [-0.1, -0.05) is 65.5 Å². The van der Waals surface area contributed by atoms with Crippen molar-refractivity contribution < 1.29 is 44.2 Å². The molecule has 0 radical (unpaired) electrons. The van der Waals surface area contributed by atoms with Gasteiger partial charge in [-0.25, -0.2) is 4.79 Å². The van der Waals surface area contributed by atoms with Gasteiger partial charge in [-0.3, -0.25) is 0 Å². The first-order valence-corrected chi connectivity index (χ1v) is 17.8. The molecule has 0 spiro atoms. The lowest BCUT2D eigenvalue weighted by Gasteiger charge is -2.58. The van der Waals surface area contributed by atoms with Crippen LogP contribution in [0.4, 0.5) is 4.79 Å². The third-order valence-electron chi connectivity index (χ3n) is 13.0. The Balaban J connectivity index is 1.09. The number of fused-ring (bicyclic) bond motifs is 5. The van der Waals surface area contributed by atoms with Crippen molar-refractivity contribution in [3.05, 3.63) is 11.6 Å². The Kier molecular flexibility index (Phi) is 11.3. The van der Waals surface area contributed by atoms with E-state index in [4.69, 9.17) is 18.9 Å². The highest BCUT2D eigenvalue weighted by atomic mass is 16.7. The Labute approximate surface area is 270 Å². The third-order valence-corrected chi connectivity index (χ3v) is 13.0. The highest BCUT2D eigenvalue weighted by molar-refractivity contribution is 5.60. The molecule has 4 aliphatic carbocycles. The quantitative estimate of drug-likeness (QED) is 0.134. The molecule has 1 saturated heterocycles. The van der Waals surface area contributed by atoms with Gasteiger partial charge in [0, 0.05) is 6.42 Å². The smallest absolute Gasteiger partial charge is 0.432 e. The minimum Gasteiger partial charge on any atom is -0.432 e. The molecule has 13 atom stereocenters. The predicted octanol–water partition coefficient (Wildman–Crippen LogP) is 5.37. The van der Waals surface area contributed by atoms with Crippen LogP contribution in [0.25, 0.3) is 0 Å². The number of hydrogen-bond acceptors (Lipinski definition) is 9. The lowest BCUT2D eigenvalue weighted by molar-refractivity contribution is -0.302. The van der Waals surface area contributed by atoms with E-state index in [1.165, 1.54) is 50.5 Å². The SMILES string of the molecule is CC(C)CCC[C@@H](C)[C@H]1CCC2C3CC=C4CC(OC(=O)OCCO[C@@H]5O[C@H](CO)[C@@H](O)[C@H](O)[C@H]5O)CC[C@]4(C)C3CC[C@@]21C. The summed E-state index contributed by atoms with van der Waals surface area (Å²) in [6.07, 6.45) is 8.02. The van der Waals surface area contributed by atoms with Crippen LogP contribution in [-0.2, 0) is 18.9 Å². The average Bonchev–Trinajstić information content (AvgIpc) is 3.36. The molecule has 9 heteroatoms. The van der Waals surface area contributed by atoms with Crippen LogP contribution in [0, 0.1) is 46.3 Å². The van der Waals surface area contributed by atoms with Crippen molar-refractivity contribution in [3.8, 4) is 0 Å². The first-order chi connectivity index (χ1) is 21.4. The van der Waals surface area contributed by atoms with E-state index in [9.17, 15) is 25.2 Å². The number of hydrogen-bond donors (Lipinski definition) is 4. The Morgan fingerprint density at radius 3 is 2.49 bits per heavy atom. The zero-order valence-electron chi connectivity index (χ0n) is 28.2. The van der Waals surface area contributed by atoms with E-state index < -0.39 is 43.5 Å². The summed E-state index contributed by atoms with van der Waals surface area (Å²) in [6, 6.07) is 0. The van der Waals surface area contributed by atoms with Crippen LogP contribution in [0.5, 0.6) is 0 Å². The molecule has 9 nitrogen and oxygen atoms in total. The number of allylic oxidation sites excluding steroid dienone is 1. The summed E-state index contributed by atoms with van der Waals surface area (Å²) in [7, 11) is 0. The van der Waals surface area contributed by atoms with Crippen molar-refractivity contribution in [3.63, 3.8) is 0 Å². The van der Waals surface area contributed by atoms with E-state index in [-0.39, 0.29) is 24.7 Å². The lowest BCUT2D eigenvalue weighted by Crippen LogP contribution is -2.59. The first kappa shape index (κ1) is 35.1. The minimum absolute atomic E-state index is 0.105. The van der Waals surface area contributed by atoms with Gasteiger partial charge >= 0.3 is 6.16 Å². The Morgan fingerprint density at radius 2 is 1.76 bits per heavy atom. The van der Waals surface area contributed by atoms with Crippen LogP contribution in [0.3, 0.4) is 0 Å². The summed E-state index contributed by atoms with van der Waals surface area (Å²) in [4.78, 5) is 12.5. The molecule has 4 N–H and O–H groups in total. The van der Waals surface area contributed by atoms with Crippen molar-refractivity contribution in [2.75, 3.05) is 19.8 Å². The summed E-state index contributed by atoms with van der Waals surface area (Å²) in [5.41, 5.74) is 2.10. The summed E-state index contributed by atoms with van der Waals surface area (Å²) < 4.78 is 21.7. The summed E-state index contributed by atoms with van der Waals surface area (Å²) >= 11 is 0. The molecule has 0 aromatic carbocycles. The first-order valence-electron chi connectivity index (χ1n) is 17.8. The van der Waals surface area contributed by atoms with Crippen LogP contribution in [0.15, 0.2) is 11.6 Å². The molecule has 5 rings (SSSR count). The summed E-state index contributed by atoms with van der Waals surface area (Å²) in [5.74, 6) is 4.74. The number of rotatable bonds is 11. The van der Waals surface area contributed by atoms with Crippen LogP contribution >= 0.6 is 0 Å². The zero-order chi connectivity index (χ0) is 32.5. The molecule has 0 amide bonds. The maximum Gasteiger partial charge on any atom is 0.508 e. The van der Waals surface area contributed by atoms with Crippen molar-refractivity contribution in [1.82, 2.24) is 0 Å². The van der Waals surface area contributed by atoms with Gasteiger partial charge in [-0.05, 0) is 91.3 Å². The van der Waals surface area contributed by atoms with Gasteiger partial charge in [-0.2, -0.15) is 0 Å². The highest BCUT2D eigenvalue weighted by Crippen LogP contribution is 2.67. The van der Waals surface area contributed by atoms with E-state index >= 15 is 0 Å². The van der Waals surface area contributed by atoms with E-state index in [0.29, 0.717) is 11.3 Å². The fraction of sp³-hybridized carbons (Fsp3) is 0.917. The van der Waals surface area contributed by atoms with Crippen molar-refractivity contribution in [2.24, 2.45) is 46.3 Å². The molecular weight excluding hydrogens is 576 g/mol. The molecule has 0 aromatic heterocycles. The third kappa shape index (κ3) is 7.14. The highest BCUT2D eigenvalue weighted by Gasteiger charge is 2.59. The molecular formula is C36H60O9. The van der Waals surface area contributed by atoms with E-state index in [1.807, 2.05) is 0 Å². The van der Waals surface area contributed by atoms with Crippen LogP contribution in [0.2, 0.25) is 0 Å². The fourth-order valence-corrected chi connectivity index (χ4v) is 10.4. The largest absolute Gasteiger partial charge is 0.508 e. The lowest BCUT2D eigenvalue weighted by atomic mass is 9.47. The molecule has 258 valence electrons. The second kappa shape index (κ2) is 14.5. The van der Waals surface area contributed by atoms with Gasteiger partial charge in [0.05, 0.1) is 13.2 Å². The van der Waals surface area contributed by atoms with Crippen LogP contribution in [-0.4, -0.2) is 83.2 Å². The van der Waals surface area contributed by atoms with E-state index in [2.05, 4.69) is 40.7 Å². The molecule has 45 heavy (non-hydrogen) atoms. The van der Waals surface area contributed by atoms with Gasteiger partial charge < -0.3 is 39.4 Å². The van der Waals surface area contributed by atoms with Crippen LogP contribution < -0.4 is 0 Å². The number of aliphatic hydroxyl groups excluding tert-OH is 4. The molecule has 4 unspecified atom stereocenters. The van der Waals surface area contributed by atoms with Gasteiger partial charge in [0.1, 0.15) is 37.1 Å². The average molecular weight is 637 g/mol. The maximum atomic E-state index is 12.5. The van der Waals surface area contributed by atoms with Crippen molar-refractivity contribution in [1.29, 1.82) is 0 Å². The monoisotopic (exact) mass is 636 g/mol. The normalized spacial score (nSPS) is 43.6. The summed E-state index contributed by atoms with van der Waals surface area (Å²) in [5, 5.41) is 39.2. The molecule has 0 aromatic rings. The van der Waals surface area contributed by atoms with Gasteiger partial charge in [0.15, 0.2) is 6.29 Å². The topological polar surface area (TPSA) is 135 Å².